The van der Waals surface area contributed by atoms with Crippen molar-refractivity contribution in [2.75, 3.05) is 22.6 Å². The van der Waals surface area contributed by atoms with Gasteiger partial charge in [0.1, 0.15) is 22.7 Å². The summed E-state index contributed by atoms with van der Waals surface area (Å²) in [5, 5.41) is 14.8. The normalized spacial score (nSPS) is 12.1. The Morgan fingerprint density at radius 3 is 2.67 bits per heavy atom. The first kappa shape index (κ1) is 20.3. The van der Waals surface area contributed by atoms with Crippen molar-refractivity contribution < 1.29 is 18.0 Å². The largest absolute Gasteiger partial charge is 0.416 e. The minimum absolute atomic E-state index is 0.00372. The molecule has 0 bridgehead atoms. The van der Waals surface area contributed by atoms with Gasteiger partial charge < -0.3 is 16.4 Å². The van der Waals surface area contributed by atoms with Gasteiger partial charge in [-0.3, -0.25) is 4.79 Å². The average Bonchev–Trinajstić information content (AvgIpc) is 2.60. The second-order valence-corrected chi connectivity index (χ2v) is 6.16. The van der Waals surface area contributed by atoms with Gasteiger partial charge >= 0.3 is 6.18 Å². The van der Waals surface area contributed by atoms with Crippen molar-refractivity contribution in [3.05, 3.63) is 35.4 Å². The number of thioether (sulfide) groups is 1. The monoisotopic (exact) mass is 396 g/mol. The first-order valence-electron chi connectivity index (χ1n) is 7.52. The van der Waals surface area contributed by atoms with Crippen LogP contribution in [0, 0.1) is 11.3 Å². The molecule has 0 aliphatic rings. The Hall–Kier alpha value is -3.00. The zero-order valence-corrected chi connectivity index (χ0v) is 15.1. The van der Waals surface area contributed by atoms with Crippen molar-refractivity contribution in [1.29, 1.82) is 5.26 Å². The van der Waals surface area contributed by atoms with E-state index in [1.165, 1.54) is 30.8 Å². The molecule has 1 heterocycles. The predicted octanol–water partition coefficient (Wildman–Crippen LogP) is 3.11. The van der Waals surface area contributed by atoms with Crippen LogP contribution in [0.4, 0.5) is 30.6 Å². The molecule has 2 aromatic rings. The molecule has 0 aliphatic heterocycles. The number of rotatable bonds is 5. The molecule has 0 unspecified atom stereocenters. The highest BCUT2D eigenvalue weighted by molar-refractivity contribution is 7.98. The summed E-state index contributed by atoms with van der Waals surface area (Å²) >= 11 is 1.19. The van der Waals surface area contributed by atoms with Gasteiger partial charge in [0.15, 0.2) is 5.82 Å². The number of hydrogen-bond acceptors (Lipinski definition) is 7. The summed E-state index contributed by atoms with van der Waals surface area (Å²) in [6, 6.07) is 5.31. The van der Waals surface area contributed by atoms with E-state index in [1.54, 1.807) is 6.26 Å². The summed E-state index contributed by atoms with van der Waals surface area (Å²) in [4.78, 5) is 20.2. The van der Waals surface area contributed by atoms with Gasteiger partial charge in [0.25, 0.3) is 0 Å². The minimum atomic E-state index is -4.51. The van der Waals surface area contributed by atoms with Gasteiger partial charge in [-0.05, 0) is 31.4 Å². The van der Waals surface area contributed by atoms with Gasteiger partial charge in [0.2, 0.25) is 11.9 Å². The van der Waals surface area contributed by atoms with Crippen LogP contribution in [0.2, 0.25) is 0 Å². The zero-order chi connectivity index (χ0) is 20.2. The fourth-order valence-electron chi connectivity index (χ4n) is 2.10. The highest BCUT2D eigenvalue weighted by atomic mass is 32.2. The molecule has 1 amide bonds. The number of nitrogens with zero attached hydrogens (tertiary/aromatic N) is 3. The number of anilines is 3. The number of alkyl halides is 3. The predicted molar refractivity (Wildman–Crippen MR) is 96.1 cm³/mol. The average molecular weight is 396 g/mol. The third-order valence-corrected chi connectivity index (χ3v) is 4.08. The van der Waals surface area contributed by atoms with E-state index in [4.69, 9.17) is 5.73 Å². The summed E-state index contributed by atoms with van der Waals surface area (Å²) in [6.45, 7) is 1.47. The minimum Gasteiger partial charge on any atom is -0.368 e. The smallest absolute Gasteiger partial charge is 0.368 e. The van der Waals surface area contributed by atoms with Crippen molar-refractivity contribution in [3.8, 4) is 6.07 Å². The second-order valence-electron chi connectivity index (χ2n) is 5.36. The molecule has 0 fully saturated rings. The van der Waals surface area contributed by atoms with Gasteiger partial charge in [-0.15, -0.1) is 11.8 Å². The Morgan fingerprint density at radius 2 is 2.07 bits per heavy atom. The molecule has 0 spiro atoms. The van der Waals surface area contributed by atoms with Gasteiger partial charge in [0, 0.05) is 5.69 Å². The van der Waals surface area contributed by atoms with Crippen molar-refractivity contribution in [2.45, 2.75) is 24.2 Å². The zero-order valence-electron chi connectivity index (χ0n) is 14.3. The molecule has 4 N–H and O–H groups in total. The third-order valence-electron chi connectivity index (χ3n) is 3.40. The van der Waals surface area contributed by atoms with Crippen LogP contribution in [0.3, 0.4) is 0 Å². The molecule has 0 aliphatic carbocycles. The first-order chi connectivity index (χ1) is 12.7. The molecule has 1 aromatic carbocycles. The van der Waals surface area contributed by atoms with Gasteiger partial charge in [-0.2, -0.15) is 23.4 Å². The first-order valence-corrected chi connectivity index (χ1v) is 8.74. The molecule has 0 saturated heterocycles. The number of carbonyl (C=O) groups is 1. The number of nitrogens with two attached hydrogens (primary N) is 1. The summed E-state index contributed by atoms with van der Waals surface area (Å²) in [5.74, 6) is -0.617. The number of amides is 1. The maximum atomic E-state index is 12.8. The van der Waals surface area contributed by atoms with Gasteiger partial charge in [-0.1, -0.05) is 6.07 Å². The maximum absolute atomic E-state index is 12.8. The molecule has 11 heteroatoms. The molecule has 0 radical (unpaired) electrons. The van der Waals surface area contributed by atoms with Crippen LogP contribution >= 0.6 is 11.8 Å². The maximum Gasteiger partial charge on any atom is 0.416 e. The third kappa shape index (κ3) is 5.01. The van der Waals surface area contributed by atoms with Crippen LogP contribution in [0.5, 0.6) is 0 Å². The number of carbonyl (C=O) groups excluding carboxylic acids is 1. The van der Waals surface area contributed by atoms with E-state index >= 15 is 0 Å². The number of nitriles is 1. The highest BCUT2D eigenvalue weighted by Crippen LogP contribution is 2.30. The fourth-order valence-corrected chi connectivity index (χ4v) is 2.64. The molecular formula is C16H15F3N6OS. The van der Waals surface area contributed by atoms with E-state index in [-0.39, 0.29) is 23.0 Å². The van der Waals surface area contributed by atoms with Crippen molar-refractivity contribution >= 4 is 35.1 Å². The molecular weight excluding hydrogens is 381 g/mol. The molecule has 2 rings (SSSR count). The Balaban J connectivity index is 2.18. The number of aromatic nitrogens is 2. The van der Waals surface area contributed by atoms with E-state index in [0.717, 1.165) is 12.1 Å². The van der Waals surface area contributed by atoms with Gasteiger partial charge in [0.05, 0.1) is 5.56 Å². The lowest BCUT2D eigenvalue weighted by molar-refractivity contribution is -0.137. The van der Waals surface area contributed by atoms with Crippen molar-refractivity contribution in [2.24, 2.45) is 0 Å². The Morgan fingerprint density at radius 1 is 1.37 bits per heavy atom. The number of benzene rings is 1. The highest BCUT2D eigenvalue weighted by Gasteiger charge is 2.30. The topological polar surface area (TPSA) is 117 Å². The summed E-state index contributed by atoms with van der Waals surface area (Å²) in [7, 11) is 0. The SMILES string of the molecule is CSc1nc(N)nc(N[C@H](C)C(=O)Nc2cccc(C(F)(F)F)c2)c1C#N. The molecule has 142 valence electrons. The number of nitrogens with one attached hydrogen (secondary N) is 2. The van der Waals surface area contributed by atoms with Crippen LogP contribution in [0.1, 0.15) is 18.1 Å². The van der Waals surface area contributed by atoms with Crippen molar-refractivity contribution in [1.82, 2.24) is 9.97 Å². The molecule has 1 aromatic heterocycles. The van der Waals surface area contributed by atoms with E-state index in [9.17, 15) is 23.2 Å². The summed E-state index contributed by atoms with van der Waals surface area (Å²) < 4.78 is 38.3. The summed E-state index contributed by atoms with van der Waals surface area (Å²) in [6.07, 6.45) is -2.81. The fraction of sp³-hybridized carbons (Fsp3) is 0.250. The Bertz CT molecular complexity index is 897. The molecule has 0 saturated carbocycles. The standard InChI is InChI=1S/C16H15F3N6OS/c1-8(22-12-11(7-20)14(27-2)25-15(21)24-12)13(26)23-10-5-3-4-9(6-10)16(17,18)19/h3-6,8H,1-2H3,(H,23,26)(H3,21,22,24,25)/t8-/m1/s1. The lowest BCUT2D eigenvalue weighted by Gasteiger charge is -2.17. The summed E-state index contributed by atoms with van der Waals surface area (Å²) in [5.41, 5.74) is 4.84. The van der Waals surface area contributed by atoms with Crippen LogP contribution in [0.25, 0.3) is 0 Å². The number of halogens is 3. The van der Waals surface area contributed by atoms with Crippen LogP contribution in [-0.2, 0) is 11.0 Å². The van der Waals surface area contributed by atoms with E-state index in [1.807, 2.05) is 6.07 Å². The lowest BCUT2D eigenvalue weighted by Crippen LogP contribution is -2.32. The number of nitrogen functional groups attached to an aromatic ring is 1. The number of hydrogen-bond donors (Lipinski definition) is 3. The van der Waals surface area contributed by atoms with E-state index in [2.05, 4.69) is 20.6 Å². The molecule has 27 heavy (non-hydrogen) atoms. The molecule has 7 nitrogen and oxygen atoms in total. The van der Waals surface area contributed by atoms with E-state index in [0.29, 0.717) is 5.03 Å². The van der Waals surface area contributed by atoms with Crippen molar-refractivity contribution in [3.63, 3.8) is 0 Å². The van der Waals surface area contributed by atoms with E-state index < -0.39 is 23.7 Å². The lowest BCUT2D eigenvalue weighted by atomic mass is 10.2. The van der Waals surface area contributed by atoms with Gasteiger partial charge in [-0.25, -0.2) is 4.98 Å². The van der Waals surface area contributed by atoms with Crippen LogP contribution in [0.15, 0.2) is 29.3 Å². The quantitative estimate of drug-likeness (QED) is 0.525. The van der Waals surface area contributed by atoms with Crippen LogP contribution < -0.4 is 16.4 Å². The Kier molecular flexibility index (Phi) is 6.12. The molecule has 1 atom stereocenters. The van der Waals surface area contributed by atoms with Crippen LogP contribution in [-0.4, -0.2) is 28.2 Å². The Labute approximate surface area is 157 Å². The second kappa shape index (κ2) is 8.13.